The molecule has 1 aliphatic rings. The number of ether oxygens (including phenoxy) is 1. The minimum atomic E-state index is -0.547. The van der Waals surface area contributed by atoms with Gasteiger partial charge in [-0.3, -0.25) is 4.79 Å². The van der Waals surface area contributed by atoms with Crippen molar-refractivity contribution in [1.82, 2.24) is 10.2 Å². The lowest BCUT2D eigenvalue weighted by molar-refractivity contribution is -0.134. The zero-order valence-corrected chi connectivity index (χ0v) is 12.8. The second-order valence-corrected chi connectivity index (χ2v) is 6.21. The molecule has 1 fully saturated rings. The second kappa shape index (κ2) is 6.92. The van der Waals surface area contributed by atoms with Gasteiger partial charge in [-0.1, -0.05) is 6.92 Å². The highest BCUT2D eigenvalue weighted by Crippen LogP contribution is 2.15. The summed E-state index contributed by atoms with van der Waals surface area (Å²) in [6.45, 7) is 8.52. The highest BCUT2D eigenvalue weighted by Gasteiger charge is 2.29. The van der Waals surface area contributed by atoms with Gasteiger partial charge in [0.2, 0.25) is 5.91 Å². The van der Waals surface area contributed by atoms with Crippen molar-refractivity contribution in [2.75, 3.05) is 19.6 Å². The standard InChI is InChI=1S/C14H26N2O4/c1-5-10(8-15-13(19)20-14(2,3)4)12(18)16-7-6-11(17)9-16/h10-11,17H,5-9H2,1-4H3,(H,15,19)/t10?,11-/m1/s1. The predicted molar refractivity (Wildman–Crippen MR) is 75.2 cm³/mol. The lowest BCUT2D eigenvalue weighted by Crippen LogP contribution is -2.42. The molecule has 1 heterocycles. The van der Waals surface area contributed by atoms with Crippen molar-refractivity contribution in [3.63, 3.8) is 0 Å². The number of alkyl carbamates (subject to hydrolysis) is 1. The molecule has 2 atom stereocenters. The molecule has 0 radical (unpaired) electrons. The number of nitrogens with zero attached hydrogens (tertiary/aromatic N) is 1. The topological polar surface area (TPSA) is 78.9 Å². The van der Waals surface area contributed by atoms with Crippen LogP contribution in [-0.4, -0.2) is 53.3 Å². The van der Waals surface area contributed by atoms with Crippen LogP contribution in [0.3, 0.4) is 0 Å². The largest absolute Gasteiger partial charge is 0.444 e. The van der Waals surface area contributed by atoms with Crippen molar-refractivity contribution in [3.05, 3.63) is 0 Å². The molecule has 6 nitrogen and oxygen atoms in total. The van der Waals surface area contributed by atoms with E-state index in [1.54, 1.807) is 25.7 Å². The first kappa shape index (κ1) is 16.8. The molecule has 0 aromatic heterocycles. The number of likely N-dealkylation sites (tertiary alicyclic amines) is 1. The van der Waals surface area contributed by atoms with E-state index in [0.29, 0.717) is 25.9 Å². The van der Waals surface area contributed by atoms with Gasteiger partial charge in [-0.25, -0.2) is 4.79 Å². The van der Waals surface area contributed by atoms with Crippen LogP contribution in [-0.2, 0) is 9.53 Å². The molecule has 1 unspecified atom stereocenters. The second-order valence-electron chi connectivity index (χ2n) is 6.21. The van der Waals surface area contributed by atoms with E-state index in [4.69, 9.17) is 4.74 Å². The van der Waals surface area contributed by atoms with Crippen molar-refractivity contribution in [2.45, 2.75) is 52.2 Å². The summed E-state index contributed by atoms with van der Waals surface area (Å²) in [7, 11) is 0. The summed E-state index contributed by atoms with van der Waals surface area (Å²) < 4.78 is 5.14. The van der Waals surface area contributed by atoms with Crippen molar-refractivity contribution in [2.24, 2.45) is 5.92 Å². The fraction of sp³-hybridized carbons (Fsp3) is 0.857. The molecule has 0 spiro atoms. The third-order valence-corrected chi connectivity index (χ3v) is 3.21. The Bertz CT molecular complexity index is 352. The Morgan fingerprint density at radius 3 is 2.55 bits per heavy atom. The zero-order valence-electron chi connectivity index (χ0n) is 12.8. The van der Waals surface area contributed by atoms with E-state index in [-0.39, 0.29) is 18.4 Å². The number of rotatable bonds is 4. The van der Waals surface area contributed by atoms with E-state index in [1.807, 2.05) is 6.92 Å². The van der Waals surface area contributed by atoms with Crippen LogP contribution in [0.2, 0.25) is 0 Å². The van der Waals surface area contributed by atoms with Gasteiger partial charge < -0.3 is 20.1 Å². The molecule has 0 saturated carbocycles. The Kier molecular flexibility index (Phi) is 5.80. The van der Waals surface area contributed by atoms with E-state index >= 15 is 0 Å². The molecule has 6 heteroatoms. The summed E-state index contributed by atoms with van der Waals surface area (Å²) in [4.78, 5) is 25.5. The van der Waals surface area contributed by atoms with Gasteiger partial charge in [-0.05, 0) is 33.6 Å². The van der Waals surface area contributed by atoms with Crippen LogP contribution < -0.4 is 5.32 Å². The van der Waals surface area contributed by atoms with Crippen LogP contribution in [0, 0.1) is 5.92 Å². The Balaban J connectivity index is 2.43. The van der Waals surface area contributed by atoms with Gasteiger partial charge in [-0.2, -0.15) is 0 Å². The SMILES string of the molecule is CCC(CNC(=O)OC(C)(C)C)C(=O)N1CC[C@@H](O)C1. The molecule has 2 amide bonds. The predicted octanol–water partition coefficient (Wildman–Crippen LogP) is 1.13. The summed E-state index contributed by atoms with van der Waals surface area (Å²) >= 11 is 0. The van der Waals surface area contributed by atoms with Crippen molar-refractivity contribution >= 4 is 12.0 Å². The Hall–Kier alpha value is -1.30. The summed E-state index contributed by atoms with van der Waals surface area (Å²) in [5.41, 5.74) is -0.547. The van der Waals surface area contributed by atoms with Gasteiger partial charge in [0.15, 0.2) is 0 Å². The number of carbonyl (C=O) groups excluding carboxylic acids is 2. The number of carbonyl (C=O) groups is 2. The van der Waals surface area contributed by atoms with E-state index in [0.717, 1.165) is 0 Å². The molecule has 0 bridgehead atoms. The van der Waals surface area contributed by atoms with Gasteiger partial charge in [0.05, 0.1) is 12.0 Å². The van der Waals surface area contributed by atoms with Crippen LogP contribution in [0.15, 0.2) is 0 Å². The third-order valence-electron chi connectivity index (χ3n) is 3.21. The van der Waals surface area contributed by atoms with E-state index in [1.165, 1.54) is 0 Å². The van der Waals surface area contributed by atoms with Crippen LogP contribution in [0.25, 0.3) is 0 Å². The van der Waals surface area contributed by atoms with Crippen LogP contribution in [0.4, 0.5) is 4.79 Å². The smallest absolute Gasteiger partial charge is 0.407 e. The monoisotopic (exact) mass is 286 g/mol. The number of nitrogens with one attached hydrogen (secondary N) is 1. The first-order valence-corrected chi connectivity index (χ1v) is 7.16. The molecule has 0 aliphatic carbocycles. The summed E-state index contributed by atoms with van der Waals surface area (Å²) in [6, 6.07) is 0. The molecule has 0 aromatic carbocycles. The van der Waals surface area contributed by atoms with Gasteiger partial charge in [0.25, 0.3) is 0 Å². The first-order valence-electron chi connectivity index (χ1n) is 7.16. The molecule has 1 aliphatic heterocycles. The quantitative estimate of drug-likeness (QED) is 0.812. The normalized spacial score (nSPS) is 20.6. The van der Waals surface area contributed by atoms with Gasteiger partial charge in [-0.15, -0.1) is 0 Å². The average molecular weight is 286 g/mol. The maximum absolute atomic E-state index is 12.2. The van der Waals surface area contributed by atoms with Gasteiger partial charge >= 0.3 is 6.09 Å². The van der Waals surface area contributed by atoms with Crippen LogP contribution in [0.1, 0.15) is 40.5 Å². The maximum Gasteiger partial charge on any atom is 0.407 e. The highest BCUT2D eigenvalue weighted by molar-refractivity contribution is 5.80. The van der Waals surface area contributed by atoms with E-state index in [2.05, 4.69) is 5.32 Å². The third kappa shape index (κ3) is 5.36. The number of aliphatic hydroxyl groups excluding tert-OH is 1. The van der Waals surface area contributed by atoms with E-state index < -0.39 is 17.8 Å². The lowest BCUT2D eigenvalue weighted by atomic mass is 10.1. The van der Waals surface area contributed by atoms with Crippen molar-refractivity contribution in [1.29, 1.82) is 0 Å². The summed E-state index contributed by atoms with van der Waals surface area (Å²) in [5, 5.41) is 12.1. The number of hydrogen-bond acceptors (Lipinski definition) is 4. The molecular formula is C14H26N2O4. The Morgan fingerprint density at radius 2 is 2.10 bits per heavy atom. The molecule has 20 heavy (non-hydrogen) atoms. The zero-order chi connectivity index (χ0) is 15.3. The number of aliphatic hydroxyl groups is 1. The summed E-state index contributed by atoms with van der Waals surface area (Å²) in [6.07, 6.45) is 0.337. The average Bonchev–Trinajstić information content (AvgIpc) is 2.74. The Labute approximate surface area is 120 Å². The van der Waals surface area contributed by atoms with Crippen molar-refractivity contribution < 1.29 is 19.4 Å². The minimum absolute atomic E-state index is 0.0138. The highest BCUT2D eigenvalue weighted by atomic mass is 16.6. The van der Waals surface area contributed by atoms with Crippen LogP contribution in [0.5, 0.6) is 0 Å². The minimum Gasteiger partial charge on any atom is -0.444 e. The molecule has 116 valence electrons. The number of amides is 2. The fourth-order valence-electron chi connectivity index (χ4n) is 2.13. The first-order chi connectivity index (χ1) is 9.23. The molecule has 1 rings (SSSR count). The molecule has 1 saturated heterocycles. The molecule has 2 N–H and O–H groups in total. The number of β-amino-alcohol motifs (C(OH)–C–C–N with tert-alkyl or cyclic N) is 1. The Morgan fingerprint density at radius 1 is 1.45 bits per heavy atom. The van der Waals surface area contributed by atoms with Crippen molar-refractivity contribution in [3.8, 4) is 0 Å². The maximum atomic E-state index is 12.2. The summed E-state index contributed by atoms with van der Waals surface area (Å²) in [5.74, 6) is -0.284. The molecule has 0 aromatic rings. The van der Waals surface area contributed by atoms with Crippen LogP contribution >= 0.6 is 0 Å². The number of hydrogen-bond donors (Lipinski definition) is 2. The van der Waals surface area contributed by atoms with Gasteiger partial charge in [0.1, 0.15) is 5.60 Å². The lowest BCUT2D eigenvalue weighted by Gasteiger charge is -2.24. The fourth-order valence-corrected chi connectivity index (χ4v) is 2.13. The molecular weight excluding hydrogens is 260 g/mol. The van der Waals surface area contributed by atoms with Gasteiger partial charge in [0, 0.05) is 19.6 Å². The van der Waals surface area contributed by atoms with E-state index in [9.17, 15) is 14.7 Å².